The molecule has 5 rings (SSSR count). The first-order chi connectivity index (χ1) is 18.8. The van der Waals surface area contributed by atoms with Crippen LogP contribution in [0.4, 0.5) is 8.78 Å². The minimum atomic E-state index is -3.72. The summed E-state index contributed by atoms with van der Waals surface area (Å²) in [4.78, 5) is 18.4. The number of ketones is 1. The number of hydrogen-bond acceptors (Lipinski definition) is 8. The second kappa shape index (κ2) is 10.1. The van der Waals surface area contributed by atoms with E-state index in [4.69, 9.17) is 4.98 Å². The van der Waals surface area contributed by atoms with E-state index in [0.29, 0.717) is 29.8 Å². The molecule has 4 N–H and O–H groups in total. The molecule has 11 heteroatoms. The summed E-state index contributed by atoms with van der Waals surface area (Å²) in [5.41, 5.74) is 1.56. The summed E-state index contributed by atoms with van der Waals surface area (Å²) in [5, 5.41) is 19.1. The molecule has 0 amide bonds. The number of pyridine rings is 1. The van der Waals surface area contributed by atoms with E-state index in [9.17, 15) is 32.9 Å². The van der Waals surface area contributed by atoms with Crippen molar-refractivity contribution in [3.8, 4) is 22.8 Å². The summed E-state index contributed by atoms with van der Waals surface area (Å²) >= 11 is 0. The zero-order chi connectivity index (χ0) is 28.9. The van der Waals surface area contributed by atoms with Crippen LogP contribution in [0.15, 0.2) is 59.5 Å². The van der Waals surface area contributed by atoms with Crippen molar-refractivity contribution < 1.29 is 42.4 Å². The number of alkyl halides is 2. The molecule has 2 heterocycles. The third-order valence-corrected chi connectivity index (χ3v) is 9.68. The second-order valence-corrected chi connectivity index (χ2v) is 13.0. The largest absolute Gasteiger partial charge is 0.586 e. The van der Waals surface area contributed by atoms with Gasteiger partial charge in [0.05, 0.1) is 35.0 Å². The Morgan fingerprint density at radius 3 is 2.27 bits per heavy atom. The minimum absolute atomic E-state index is 0.0530. The van der Waals surface area contributed by atoms with Gasteiger partial charge in [0.15, 0.2) is 11.5 Å². The summed E-state index contributed by atoms with van der Waals surface area (Å²) in [5.74, 6) is -0.408. The molecule has 2 aliphatic rings. The van der Waals surface area contributed by atoms with Crippen LogP contribution in [0.25, 0.3) is 11.3 Å². The smallest absolute Gasteiger partial charge is 0.396 e. The van der Waals surface area contributed by atoms with Crippen LogP contribution in [0, 0.1) is 12.3 Å². The van der Waals surface area contributed by atoms with Gasteiger partial charge in [-0.25, -0.2) is 0 Å². The molecule has 3 aromatic rings. The molecule has 1 aliphatic carbocycles. The van der Waals surface area contributed by atoms with Crippen LogP contribution in [0.3, 0.4) is 0 Å². The molecule has 0 atom stereocenters. The van der Waals surface area contributed by atoms with Gasteiger partial charge in [-0.2, -0.15) is 10.6 Å². The first-order valence-corrected chi connectivity index (χ1v) is 14.5. The van der Waals surface area contributed by atoms with E-state index in [0.717, 1.165) is 11.1 Å². The summed E-state index contributed by atoms with van der Waals surface area (Å²) in [6.07, 6.45) is -2.48. The fraction of sp³-hybridized carbons (Fsp3) is 0.379. The molecule has 0 spiro atoms. The van der Waals surface area contributed by atoms with Crippen molar-refractivity contribution in [2.45, 2.75) is 49.7 Å². The lowest BCUT2D eigenvalue weighted by atomic mass is 9.88. The van der Waals surface area contributed by atoms with Crippen LogP contribution in [-0.4, -0.2) is 55.3 Å². The fourth-order valence-corrected chi connectivity index (χ4v) is 6.83. The van der Waals surface area contributed by atoms with E-state index < -0.39 is 40.9 Å². The Kier molecular flexibility index (Phi) is 7.16. The lowest BCUT2D eigenvalue weighted by Crippen LogP contribution is -2.32. The number of Topliss-reactive ketones (excluding diaryl/α,β-unsaturated/α-hetero) is 1. The molecule has 40 heavy (non-hydrogen) atoms. The Bertz CT molecular complexity index is 1440. The molecular weight excluding hydrogens is 544 g/mol. The third-order valence-electron chi connectivity index (χ3n) is 7.55. The van der Waals surface area contributed by atoms with Crippen molar-refractivity contribution in [3.63, 3.8) is 0 Å². The quantitative estimate of drug-likeness (QED) is 0.256. The van der Waals surface area contributed by atoms with Crippen LogP contribution < -0.4 is 9.47 Å². The molecule has 1 aromatic heterocycles. The molecule has 214 valence electrons. The van der Waals surface area contributed by atoms with Gasteiger partial charge in [0.25, 0.3) is 0 Å². The molecule has 2 aromatic carbocycles. The number of benzene rings is 2. The zero-order valence-electron chi connectivity index (χ0n) is 22.1. The van der Waals surface area contributed by atoms with Crippen LogP contribution in [-0.2, 0) is 16.6 Å². The number of fused-ring (bicyclic) bond motifs is 1. The van der Waals surface area contributed by atoms with Crippen molar-refractivity contribution in [2.75, 3.05) is 19.0 Å². The highest BCUT2D eigenvalue weighted by molar-refractivity contribution is 8.24. The predicted molar refractivity (Wildman–Crippen MR) is 145 cm³/mol. The Morgan fingerprint density at radius 1 is 1.00 bits per heavy atom. The van der Waals surface area contributed by atoms with Gasteiger partial charge in [-0.15, -0.1) is 8.78 Å². The first-order valence-electron chi connectivity index (χ1n) is 12.8. The van der Waals surface area contributed by atoms with E-state index in [1.165, 1.54) is 12.1 Å². The molecule has 0 bridgehead atoms. The molecule has 1 aliphatic heterocycles. The predicted octanol–water partition coefficient (Wildman–Crippen LogP) is 5.32. The lowest BCUT2D eigenvalue weighted by Gasteiger charge is -2.39. The maximum Gasteiger partial charge on any atom is 0.586 e. The van der Waals surface area contributed by atoms with Crippen molar-refractivity contribution >= 4 is 16.4 Å². The zero-order valence-corrected chi connectivity index (χ0v) is 22.9. The Hall–Kier alpha value is -3.09. The standard InChI is InChI=1S/C29H31F2NO7S/c1-18-3-7-21(14-25(35)28(11-12-28)20-6-10-23-24(13-20)39-29(30,31)38-23)32-26(18)19-4-8-22(9-5-19)40(36,37)17-27(2,15-33)16-34/h3-10,13,33-34,36-37H,11-12,14-17H2,1-2H3. The number of aromatic nitrogens is 1. The highest BCUT2D eigenvalue weighted by Gasteiger charge is 2.52. The van der Waals surface area contributed by atoms with E-state index in [2.05, 4.69) is 9.47 Å². The monoisotopic (exact) mass is 575 g/mol. The van der Waals surface area contributed by atoms with Crippen molar-refractivity contribution in [1.82, 2.24) is 4.98 Å². The molecule has 8 nitrogen and oxygen atoms in total. The van der Waals surface area contributed by atoms with Gasteiger partial charge < -0.3 is 19.7 Å². The number of aryl methyl sites for hydroxylation is 1. The van der Waals surface area contributed by atoms with Crippen molar-refractivity contribution in [1.29, 1.82) is 0 Å². The number of aliphatic hydroxyl groups is 2. The van der Waals surface area contributed by atoms with Crippen LogP contribution >= 0.6 is 10.6 Å². The van der Waals surface area contributed by atoms with Crippen LogP contribution in [0.5, 0.6) is 11.5 Å². The SMILES string of the molecule is Cc1ccc(CC(=O)C2(c3ccc4c(c3)OC(F)(F)O4)CC2)nc1-c1ccc(S(O)(O)CC(C)(CO)CO)cc1. The average molecular weight is 576 g/mol. The second-order valence-electron chi connectivity index (χ2n) is 10.9. The van der Waals surface area contributed by atoms with Crippen LogP contribution in [0.1, 0.15) is 36.6 Å². The number of nitrogens with zero attached hydrogens (tertiary/aromatic N) is 1. The van der Waals surface area contributed by atoms with E-state index in [1.54, 1.807) is 43.3 Å². The molecule has 0 unspecified atom stereocenters. The number of rotatable bonds is 10. The summed E-state index contributed by atoms with van der Waals surface area (Å²) in [6.45, 7) is 2.68. The van der Waals surface area contributed by atoms with Gasteiger partial charge in [0, 0.05) is 23.1 Å². The third kappa shape index (κ3) is 5.44. The van der Waals surface area contributed by atoms with Crippen molar-refractivity contribution in [2.24, 2.45) is 5.41 Å². The van der Waals surface area contributed by atoms with E-state index in [1.807, 2.05) is 13.0 Å². The van der Waals surface area contributed by atoms with E-state index in [-0.39, 0.29) is 34.4 Å². The van der Waals surface area contributed by atoms with Crippen molar-refractivity contribution in [3.05, 3.63) is 71.4 Å². The Labute approximate surface area is 232 Å². The number of ether oxygens (including phenoxy) is 2. The van der Waals surface area contributed by atoms with E-state index >= 15 is 0 Å². The highest BCUT2D eigenvalue weighted by atomic mass is 32.3. The van der Waals surface area contributed by atoms with Gasteiger partial charge in [-0.3, -0.25) is 18.9 Å². The lowest BCUT2D eigenvalue weighted by molar-refractivity contribution is -0.286. The maximum atomic E-state index is 13.5. The molecule has 0 saturated heterocycles. The Balaban J connectivity index is 1.34. The maximum absolute atomic E-state index is 13.5. The number of aliphatic hydroxyl groups excluding tert-OH is 2. The average Bonchev–Trinajstić information content (AvgIpc) is 3.66. The molecule has 1 fully saturated rings. The van der Waals surface area contributed by atoms with Gasteiger partial charge in [-0.1, -0.05) is 31.2 Å². The van der Waals surface area contributed by atoms with Gasteiger partial charge in [-0.05, 0) is 61.2 Å². The number of carbonyl (C=O) groups is 1. The minimum Gasteiger partial charge on any atom is -0.396 e. The summed E-state index contributed by atoms with van der Waals surface area (Å²) in [6, 6.07) is 14.7. The van der Waals surface area contributed by atoms with Crippen LogP contribution in [0.2, 0.25) is 0 Å². The van der Waals surface area contributed by atoms with Gasteiger partial charge in [0.1, 0.15) is 5.78 Å². The number of carbonyl (C=O) groups excluding carboxylic acids is 1. The molecule has 1 saturated carbocycles. The topological polar surface area (TPSA) is 129 Å². The molecule has 0 radical (unpaired) electrons. The number of hydrogen-bond donors (Lipinski definition) is 4. The summed E-state index contributed by atoms with van der Waals surface area (Å²) < 4.78 is 57.4. The molecular formula is C29H31F2NO7S. The fourth-order valence-electron chi connectivity index (χ4n) is 4.93. The number of halogens is 2. The summed E-state index contributed by atoms with van der Waals surface area (Å²) in [7, 11) is -3.26. The van der Waals surface area contributed by atoms with Gasteiger partial charge in [0.2, 0.25) is 0 Å². The van der Waals surface area contributed by atoms with Gasteiger partial charge >= 0.3 is 6.29 Å². The first kappa shape index (κ1) is 28.4. The Morgan fingerprint density at radius 2 is 1.65 bits per heavy atom. The highest BCUT2D eigenvalue weighted by Crippen LogP contribution is 2.53. The normalized spacial score (nSPS) is 17.5.